The standard InChI is InChI=1S/C24H31N5O6/c1-14(2)29(4)21-9-16(8-15(3)26-21)24-27-23(28-35-24)19-7-6-18(10-20(19)33-5)34-13-17(31)11-25-22(32)12-30/h6-10,14,17,30-31H,11-13H2,1-5H3,(H,25,32). The zero-order valence-electron chi connectivity index (χ0n) is 20.5. The second kappa shape index (κ2) is 11.6. The summed E-state index contributed by atoms with van der Waals surface area (Å²) in [6.45, 7) is 5.35. The molecular weight excluding hydrogens is 454 g/mol. The van der Waals surface area contributed by atoms with Gasteiger partial charge in [-0.15, -0.1) is 0 Å². The van der Waals surface area contributed by atoms with Gasteiger partial charge in [0.2, 0.25) is 11.7 Å². The number of aromatic nitrogens is 3. The van der Waals surface area contributed by atoms with Crippen LogP contribution in [0.3, 0.4) is 0 Å². The highest BCUT2D eigenvalue weighted by atomic mass is 16.5. The van der Waals surface area contributed by atoms with Gasteiger partial charge >= 0.3 is 0 Å². The smallest absolute Gasteiger partial charge is 0.258 e. The molecule has 2 heterocycles. The van der Waals surface area contributed by atoms with Gasteiger partial charge in [0.05, 0.1) is 12.7 Å². The average Bonchev–Trinajstić information content (AvgIpc) is 3.35. The Hall–Kier alpha value is -3.70. The minimum Gasteiger partial charge on any atom is -0.496 e. The molecule has 1 aromatic carbocycles. The van der Waals surface area contributed by atoms with E-state index in [1.807, 2.05) is 26.1 Å². The van der Waals surface area contributed by atoms with E-state index in [1.54, 1.807) is 18.2 Å². The van der Waals surface area contributed by atoms with Gasteiger partial charge in [0.1, 0.15) is 36.6 Å². The second-order valence-electron chi connectivity index (χ2n) is 8.27. The molecule has 1 amide bonds. The van der Waals surface area contributed by atoms with Crippen LogP contribution in [0.1, 0.15) is 19.5 Å². The zero-order valence-corrected chi connectivity index (χ0v) is 20.5. The lowest BCUT2D eigenvalue weighted by molar-refractivity contribution is -0.124. The van der Waals surface area contributed by atoms with E-state index in [2.05, 4.69) is 39.2 Å². The molecular formula is C24H31N5O6. The maximum absolute atomic E-state index is 11.1. The Kier molecular flexibility index (Phi) is 8.61. The van der Waals surface area contributed by atoms with Crippen molar-refractivity contribution in [1.29, 1.82) is 0 Å². The molecule has 0 fully saturated rings. The largest absolute Gasteiger partial charge is 0.496 e. The number of methoxy groups -OCH3 is 1. The normalized spacial score (nSPS) is 11.9. The van der Waals surface area contributed by atoms with Crippen LogP contribution in [-0.4, -0.2) is 77.3 Å². The minimum atomic E-state index is -0.945. The van der Waals surface area contributed by atoms with Crippen molar-refractivity contribution in [2.24, 2.45) is 0 Å². The predicted octanol–water partition coefficient (Wildman–Crippen LogP) is 1.81. The number of amides is 1. The van der Waals surface area contributed by atoms with Crippen molar-refractivity contribution in [1.82, 2.24) is 20.4 Å². The molecule has 1 unspecified atom stereocenters. The first-order valence-corrected chi connectivity index (χ1v) is 11.1. The lowest BCUT2D eigenvalue weighted by Gasteiger charge is -2.23. The molecule has 35 heavy (non-hydrogen) atoms. The van der Waals surface area contributed by atoms with Crippen LogP contribution in [0.25, 0.3) is 22.8 Å². The van der Waals surface area contributed by atoms with Crippen LogP contribution in [0, 0.1) is 6.92 Å². The number of aryl methyl sites for hydroxylation is 1. The molecule has 3 rings (SSSR count). The number of anilines is 1. The van der Waals surface area contributed by atoms with Gasteiger partial charge in [0, 0.05) is 37.0 Å². The van der Waals surface area contributed by atoms with Crippen LogP contribution >= 0.6 is 0 Å². The van der Waals surface area contributed by atoms with Gasteiger partial charge in [-0.25, -0.2) is 4.98 Å². The first kappa shape index (κ1) is 25.9. The molecule has 0 aliphatic heterocycles. The molecule has 0 saturated heterocycles. The molecule has 11 heteroatoms. The first-order valence-electron chi connectivity index (χ1n) is 11.1. The van der Waals surface area contributed by atoms with Crippen molar-refractivity contribution in [3.8, 4) is 34.3 Å². The Morgan fingerprint density at radius 2 is 2.00 bits per heavy atom. The fourth-order valence-corrected chi connectivity index (χ4v) is 3.15. The van der Waals surface area contributed by atoms with Gasteiger partial charge in [0.25, 0.3) is 5.89 Å². The molecule has 1 atom stereocenters. The van der Waals surface area contributed by atoms with Crippen molar-refractivity contribution in [2.45, 2.75) is 32.9 Å². The third-order valence-corrected chi connectivity index (χ3v) is 5.28. The number of pyridine rings is 1. The lowest BCUT2D eigenvalue weighted by Crippen LogP contribution is -2.36. The highest BCUT2D eigenvalue weighted by Crippen LogP contribution is 2.33. The van der Waals surface area contributed by atoms with Crippen LogP contribution in [-0.2, 0) is 4.79 Å². The Balaban J connectivity index is 1.76. The van der Waals surface area contributed by atoms with E-state index >= 15 is 0 Å². The summed E-state index contributed by atoms with van der Waals surface area (Å²) >= 11 is 0. The molecule has 2 aromatic heterocycles. The molecule has 0 saturated carbocycles. The van der Waals surface area contributed by atoms with Crippen molar-refractivity contribution in [3.63, 3.8) is 0 Å². The Morgan fingerprint density at radius 1 is 1.23 bits per heavy atom. The summed E-state index contributed by atoms with van der Waals surface area (Å²) in [5.41, 5.74) is 2.21. The number of ether oxygens (including phenoxy) is 2. The highest BCUT2D eigenvalue weighted by molar-refractivity contribution is 5.76. The number of carbonyl (C=O) groups is 1. The van der Waals surface area contributed by atoms with Gasteiger partial charge in [-0.05, 0) is 45.0 Å². The molecule has 0 bridgehead atoms. The zero-order chi connectivity index (χ0) is 25.5. The van der Waals surface area contributed by atoms with Crippen LogP contribution in [0.4, 0.5) is 5.82 Å². The number of hydrogen-bond acceptors (Lipinski definition) is 10. The van der Waals surface area contributed by atoms with Crippen LogP contribution in [0.5, 0.6) is 11.5 Å². The Morgan fingerprint density at radius 3 is 2.69 bits per heavy atom. The number of hydrogen-bond donors (Lipinski definition) is 3. The maximum Gasteiger partial charge on any atom is 0.258 e. The third kappa shape index (κ3) is 6.67. The minimum absolute atomic E-state index is 0.0383. The van der Waals surface area contributed by atoms with E-state index in [0.717, 1.165) is 17.1 Å². The van der Waals surface area contributed by atoms with Gasteiger partial charge in [-0.1, -0.05) is 5.16 Å². The average molecular weight is 486 g/mol. The molecule has 3 N–H and O–H groups in total. The number of aliphatic hydroxyl groups excluding tert-OH is 2. The van der Waals surface area contributed by atoms with E-state index in [9.17, 15) is 9.90 Å². The van der Waals surface area contributed by atoms with Crippen molar-refractivity contribution >= 4 is 11.7 Å². The maximum atomic E-state index is 11.1. The number of carbonyl (C=O) groups excluding carboxylic acids is 1. The van der Waals surface area contributed by atoms with E-state index in [-0.39, 0.29) is 19.2 Å². The van der Waals surface area contributed by atoms with Gasteiger partial charge in [0.15, 0.2) is 0 Å². The molecule has 11 nitrogen and oxygen atoms in total. The topological polar surface area (TPSA) is 143 Å². The molecule has 0 aliphatic carbocycles. The van der Waals surface area contributed by atoms with Crippen molar-refractivity contribution in [2.75, 3.05) is 38.8 Å². The molecule has 188 valence electrons. The Labute approximate surface area is 203 Å². The molecule has 3 aromatic rings. The van der Waals surface area contributed by atoms with Crippen LogP contribution in [0.2, 0.25) is 0 Å². The monoisotopic (exact) mass is 485 g/mol. The number of benzene rings is 1. The molecule has 0 aliphatic rings. The quantitative estimate of drug-likeness (QED) is 0.368. The summed E-state index contributed by atoms with van der Waals surface area (Å²) in [4.78, 5) is 22.3. The number of nitrogens with zero attached hydrogens (tertiary/aromatic N) is 4. The Bertz CT molecular complexity index is 1150. The summed E-state index contributed by atoms with van der Waals surface area (Å²) in [6, 6.07) is 9.15. The van der Waals surface area contributed by atoms with Gasteiger partial charge in [-0.3, -0.25) is 4.79 Å². The van der Waals surface area contributed by atoms with Gasteiger partial charge in [-0.2, -0.15) is 4.98 Å². The van der Waals surface area contributed by atoms with Crippen molar-refractivity contribution < 1.29 is 29.0 Å². The van der Waals surface area contributed by atoms with Gasteiger partial charge < -0.3 is 34.4 Å². The highest BCUT2D eigenvalue weighted by Gasteiger charge is 2.18. The summed E-state index contributed by atoms with van der Waals surface area (Å²) < 4.78 is 16.6. The van der Waals surface area contributed by atoms with Crippen molar-refractivity contribution in [3.05, 3.63) is 36.0 Å². The lowest BCUT2D eigenvalue weighted by atomic mass is 10.1. The van der Waals surface area contributed by atoms with Crippen LogP contribution in [0.15, 0.2) is 34.9 Å². The molecule has 0 radical (unpaired) electrons. The van der Waals surface area contributed by atoms with E-state index in [4.69, 9.17) is 19.1 Å². The summed E-state index contributed by atoms with van der Waals surface area (Å²) in [5, 5.41) is 25.1. The van der Waals surface area contributed by atoms with E-state index in [0.29, 0.717) is 28.8 Å². The van der Waals surface area contributed by atoms with E-state index in [1.165, 1.54) is 7.11 Å². The number of aliphatic hydroxyl groups is 2. The number of nitrogens with one attached hydrogen (secondary N) is 1. The second-order valence-corrected chi connectivity index (χ2v) is 8.27. The first-order chi connectivity index (χ1) is 16.7. The fourth-order valence-electron chi connectivity index (χ4n) is 3.15. The van der Waals surface area contributed by atoms with E-state index < -0.39 is 18.6 Å². The number of rotatable bonds is 11. The summed E-state index contributed by atoms with van der Waals surface area (Å²) in [6.07, 6.45) is -0.945. The fraction of sp³-hybridized carbons (Fsp3) is 0.417. The summed E-state index contributed by atoms with van der Waals surface area (Å²) in [5.74, 6) is 1.87. The molecule has 0 spiro atoms. The van der Waals surface area contributed by atoms with Crippen LogP contribution < -0.4 is 19.7 Å². The SMILES string of the molecule is COc1cc(OCC(O)CNC(=O)CO)ccc1-c1noc(-c2cc(C)nc(N(C)C(C)C)c2)n1. The summed E-state index contributed by atoms with van der Waals surface area (Å²) in [7, 11) is 3.50. The predicted molar refractivity (Wildman–Crippen MR) is 129 cm³/mol. The third-order valence-electron chi connectivity index (χ3n) is 5.28.